The van der Waals surface area contributed by atoms with Crippen LogP contribution in [0.5, 0.6) is 0 Å². The Hall–Kier alpha value is -1.37. The standard InChI is InChI=1S/C12H18BNO4/c1-4-14(5-2)18-13(17)11-8-9(3)6-7-10(11)12(15)16/h6-8,17H,4-5H2,1-3H3,(H,15,16). The van der Waals surface area contributed by atoms with Crippen molar-refractivity contribution in [3.8, 4) is 0 Å². The molecule has 0 spiro atoms. The van der Waals surface area contributed by atoms with E-state index < -0.39 is 13.1 Å². The molecule has 0 bridgehead atoms. The molecule has 98 valence electrons. The molecule has 0 aliphatic rings. The summed E-state index contributed by atoms with van der Waals surface area (Å²) < 4.78 is 5.31. The first-order chi connectivity index (χ1) is 8.49. The van der Waals surface area contributed by atoms with E-state index in [-0.39, 0.29) is 11.0 Å². The fourth-order valence-corrected chi connectivity index (χ4v) is 1.65. The van der Waals surface area contributed by atoms with E-state index in [9.17, 15) is 9.82 Å². The SMILES string of the molecule is CCN(CC)OB(O)c1cc(C)ccc1C(=O)O. The molecule has 0 aliphatic heterocycles. The first-order valence-electron chi connectivity index (χ1n) is 5.93. The third kappa shape index (κ3) is 3.56. The number of aromatic carboxylic acids is 1. The van der Waals surface area contributed by atoms with E-state index in [1.165, 1.54) is 6.07 Å². The number of aryl methyl sites for hydroxylation is 1. The van der Waals surface area contributed by atoms with Gasteiger partial charge >= 0.3 is 13.1 Å². The maximum atomic E-state index is 11.1. The van der Waals surface area contributed by atoms with Crippen LogP contribution < -0.4 is 5.46 Å². The van der Waals surface area contributed by atoms with Crippen molar-refractivity contribution in [2.45, 2.75) is 20.8 Å². The fraction of sp³-hybridized carbons (Fsp3) is 0.417. The molecule has 0 atom stereocenters. The van der Waals surface area contributed by atoms with Gasteiger partial charge < -0.3 is 14.9 Å². The smallest absolute Gasteiger partial charge is 0.478 e. The number of carboxylic acid groups (broad SMARTS) is 1. The van der Waals surface area contributed by atoms with Crippen molar-refractivity contribution in [1.29, 1.82) is 0 Å². The second kappa shape index (κ2) is 6.54. The van der Waals surface area contributed by atoms with Gasteiger partial charge in [-0.05, 0) is 18.5 Å². The Labute approximate surface area is 107 Å². The second-order valence-corrected chi connectivity index (χ2v) is 3.97. The average molecular weight is 251 g/mol. The maximum absolute atomic E-state index is 11.1. The van der Waals surface area contributed by atoms with Gasteiger partial charge in [0, 0.05) is 13.1 Å². The third-order valence-electron chi connectivity index (χ3n) is 2.66. The monoisotopic (exact) mass is 251 g/mol. The van der Waals surface area contributed by atoms with Gasteiger partial charge in [-0.15, -0.1) is 0 Å². The van der Waals surface area contributed by atoms with Gasteiger partial charge in [0.1, 0.15) is 0 Å². The molecule has 5 nitrogen and oxygen atoms in total. The van der Waals surface area contributed by atoms with E-state index >= 15 is 0 Å². The van der Waals surface area contributed by atoms with Crippen LogP contribution >= 0.6 is 0 Å². The number of nitrogens with zero attached hydrogens (tertiary/aromatic N) is 1. The van der Waals surface area contributed by atoms with Crippen molar-refractivity contribution in [2.75, 3.05) is 13.1 Å². The van der Waals surface area contributed by atoms with Crippen LogP contribution in [0.1, 0.15) is 29.8 Å². The highest BCUT2D eigenvalue weighted by molar-refractivity contribution is 6.61. The molecule has 1 aromatic carbocycles. The topological polar surface area (TPSA) is 70.0 Å². The predicted octanol–water partition coefficient (Wildman–Crippen LogP) is 0.654. The van der Waals surface area contributed by atoms with Crippen molar-refractivity contribution in [1.82, 2.24) is 5.06 Å². The summed E-state index contributed by atoms with van der Waals surface area (Å²) in [5.74, 6) is -1.08. The first kappa shape index (κ1) is 14.7. The molecule has 18 heavy (non-hydrogen) atoms. The molecule has 0 unspecified atom stereocenters. The number of hydroxylamine groups is 2. The first-order valence-corrected chi connectivity index (χ1v) is 5.93. The molecule has 0 heterocycles. The summed E-state index contributed by atoms with van der Waals surface area (Å²) in [6.07, 6.45) is 0. The van der Waals surface area contributed by atoms with E-state index in [0.717, 1.165) is 5.56 Å². The zero-order valence-corrected chi connectivity index (χ0v) is 10.9. The van der Waals surface area contributed by atoms with Gasteiger partial charge in [-0.2, -0.15) is 0 Å². The minimum absolute atomic E-state index is 0.0558. The van der Waals surface area contributed by atoms with Gasteiger partial charge in [0.05, 0.1) is 5.56 Å². The van der Waals surface area contributed by atoms with E-state index in [4.69, 9.17) is 9.86 Å². The summed E-state index contributed by atoms with van der Waals surface area (Å²) in [6.45, 7) is 6.85. The highest BCUT2D eigenvalue weighted by Gasteiger charge is 2.25. The van der Waals surface area contributed by atoms with Crippen LogP contribution in [0.15, 0.2) is 18.2 Å². The van der Waals surface area contributed by atoms with E-state index in [0.29, 0.717) is 13.1 Å². The summed E-state index contributed by atoms with van der Waals surface area (Å²) in [5.41, 5.74) is 1.20. The maximum Gasteiger partial charge on any atom is 0.509 e. The fourth-order valence-electron chi connectivity index (χ4n) is 1.65. The van der Waals surface area contributed by atoms with Crippen LogP contribution in [-0.4, -0.2) is 41.4 Å². The van der Waals surface area contributed by atoms with Crippen LogP contribution in [0, 0.1) is 6.92 Å². The number of carboxylic acids is 1. The van der Waals surface area contributed by atoms with Crippen molar-refractivity contribution in [3.05, 3.63) is 29.3 Å². The van der Waals surface area contributed by atoms with E-state index in [1.54, 1.807) is 17.2 Å². The van der Waals surface area contributed by atoms with Crippen LogP contribution in [0.4, 0.5) is 0 Å². The Morgan fingerprint density at radius 2 is 2.00 bits per heavy atom. The number of rotatable bonds is 6. The number of hydrogen-bond acceptors (Lipinski definition) is 4. The summed E-state index contributed by atoms with van der Waals surface area (Å²) in [5, 5.41) is 20.6. The third-order valence-corrected chi connectivity index (χ3v) is 2.66. The van der Waals surface area contributed by atoms with Gasteiger partial charge in [0.15, 0.2) is 0 Å². The Morgan fingerprint density at radius 3 is 2.50 bits per heavy atom. The van der Waals surface area contributed by atoms with Crippen LogP contribution in [0.25, 0.3) is 0 Å². The molecule has 0 fully saturated rings. The quantitative estimate of drug-likeness (QED) is 0.574. The zero-order valence-electron chi connectivity index (χ0n) is 10.9. The molecule has 0 radical (unpaired) electrons. The highest BCUT2D eigenvalue weighted by Crippen LogP contribution is 2.04. The number of carbonyl (C=O) groups is 1. The van der Waals surface area contributed by atoms with Gasteiger partial charge in [-0.3, -0.25) is 0 Å². The van der Waals surface area contributed by atoms with E-state index in [2.05, 4.69) is 0 Å². The van der Waals surface area contributed by atoms with Gasteiger partial charge in [0.25, 0.3) is 0 Å². The van der Waals surface area contributed by atoms with E-state index in [1.807, 2.05) is 20.8 Å². The molecular formula is C12H18BNO4. The van der Waals surface area contributed by atoms with Gasteiger partial charge in [-0.25, -0.2) is 9.86 Å². The molecule has 0 saturated heterocycles. The lowest BCUT2D eigenvalue weighted by molar-refractivity contribution is -0.0648. The van der Waals surface area contributed by atoms with Crippen molar-refractivity contribution in [2.24, 2.45) is 0 Å². The molecule has 2 N–H and O–H groups in total. The largest absolute Gasteiger partial charge is 0.509 e. The number of hydrogen-bond donors (Lipinski definition) is 2. The lowest BCUT2D eigenvalue weighted by Gasteiger charge is -2.21. The Morgan fingerprint density at radius 1 is 1.39 bits per heavy atom. The summed E-state index contributed by atoms with van der Waals surface area (Å²) in [4.78, 5) is 11.1. The molecule has 6 heteroatoms. The molecule has 0 aliphatic carbocycles. The molecule has 1 rings (SSSR count). The van der Waals surface area contributed by atoms with Crippen LogP contribution in [-0.2, 0) is 4.76 Å². The highest BCUT2D eigenvalue weighted by atomic mass is 16.7. The predicted molar refractivity (Wildman–Crippen MR) is 69.8 cm³/mol. The molecular weight excluding hydrogens is 233 g/mol. The Bertz CT molecular complexity index is 421. The molecule has 1 aromatic rings. The normalized spacial score (nSPS) is 10.7. The van der Waals surface area contributed by atoms with Crippen molar-refractivity contribution >= 4 is 18.6 Å². The minimum atomic E-state index is -1.27. The lowest BCUT2D eigenvalue weighted by atomic mass is 9.76. The Kier molecular flexibility index (Phi) is 5.34. The second-order valence-electron chi connectivity index (χ2n) is 3.97. The summed E-state index contributed by atoms with van der Waals surface area (Å²) in [7, 11) is -1.27. The average Bonchev–Trinajstić information content (AvgIpc) is 2.35. The molecule has 0 aromatic heterocycles. The van der Waals surface area contributed by atoms with Crippen molar-refractivity contribution < 1.29 is 19.7 Å². The summed E-state index contributed by atoms with van der Waals surface area (Å²) >= 11 is 0. The lowest BCUT2D eigenvalue weighted by Crippen LogP contribution is -2.43. The molecule has 0 amide bonds. The van der Waals surface area contributed by atoms with Crippen LogP contribution in [0.3, 0.4) is 0 Å². The zero-order chi connectivity index (χ0) is 13.7. The molecule has 0 saturated carbocycles. The number of benzene rings is 1. The van der Waals surface area contributed by atoms with Gasteiger partial charge in [0.2, 0.25) is 0 Å². The Balaban J connectivity index is 2.99. The van der Waals surface area contributed by atoms with Crippen LogP contribution in [0.2, 0.25) is 0 Å². The van der Waals surface area contributed by atoms with Crippen molar-refractivity contribution in [3.63, 3.8) is 0 Å². The minimum Gasteiger partial charge on any atom is -0.478 e. The van der Waals surface area contributed by atoms with Gasteiger partial charge in [-0.1, -0.05) is 31.5 Å². The summed E-state index contributed by atoms with van der Waals surface area (Å²) in [6, 6.07) is 4.79.